The first-order valence-electron chi connectivity index (χ1n) is 7.11. The minimum absolute atomic E-state index is 0.348. The van der Waals surface area contributed by atoms with Gasteiger partial charge in [0.25, 0.3) is 0 Å². The summed E-state index contributed by atoms with van der Waals surface area (Å²) in [7, 11) is 0. The molecule has 1 heterocycles. The molecular weight excluding hydrogens is 222 g/mol. The maximum atomic E-state index is 5.77. The molecule has 0 spiro atoms. The highest BCUT2D eigenvalue weighted by molar-refractivity contribution is 5.09. The first kappa shape index (κ1) is 15.3. The second-order valence-corrected chi connectivity index (χ2v) is 6.66. The van der Waals surface area contributed by atoms with Crippen LogP contribution in [-0.4, -0.2) is 6.54 Å². The summed E-state index contributed by atoms with van der Waals surface area (Å²) in [4.78, 5) is 0. The van der Waals surface area contributed by atoms with Gasteiger partial charge in [-0.25, -0.2) is 0 Å². The van der Waals surface area contributed by atoms with E-state index in [0.717, 1.165) is 24.5 Å². The first-order valence-corrected chi connectivity index (χ1v) is 7.11. The largest absolute Gasteiger partial charge is 0.465 e. The van der Waals surface area contributed by atoms with Gasteiger partial charge in [0, 0.05) is 0 Å². The van der Waals surface area contributed by atoms with Gasteiger partial charge in [-0.2, -0.15) is 0 Å². The molecule has 0 aliphatic carbocycles. The number of furan rings is 1. The Kier molecular flexibility index (Phi) is 5.46. The normalized spacial score (nSPS) is 15.7. The smallest absolute Gasteiger partial charge is 0.121 e. The minimum atomic E-state index is 0.348. The second kappa shape index (κ2) is 6.42. The Morgan fingerprint density at radius 3 is 2.39 bits per heavy atom. The molecule has 18 heavy (non-hydrogen) atoms. The molecule has 0 aromatic carbocycles. The Balaban J connectivity index is 2.63. The van der Waals surface area contributed by atoms with Crippen LogP contribution in [0.2, 0.25) is 0 Å². The third-order valence-electron chi connectivity index (χ3n) is 3.15. The topological polar surface area (TPSA) is 25.2 Å². The molecule has 2 unspecified atom stereocenters. The summed E-state index contributed by atoms with van der Waals surface area (Å²) in [6.45, 7) is 14.4. The highest BCUT2D eigenvalue weighted by Crippen LogP contribution is 2.31. The lowest BCUT2D eigenvalue weighted by molar-refractivity contribution is 0.264. The number of hydrogen-bond acceptors (Lipinski definition) is 2. The van der Waals surface area contributed by atoms with Crippen LogP contribution < -0.4 is 5.32 Å². The molecule has 104 valence electrons. The second-order valence-electron chi connectivity index (χ2n) is 6.66. The molecule has 1 rings (SSSR count). The van der Waals surface area contributed by atoms with Gasteiger partial charge >= 0.3 is 0 Å². The molecule has 0 fully saturated rings. The molecule has 2 atom stereocenters. The van der Waals surface area contributed by atoms with Gasteiger partial charge in [-0.15, -0.1) is 0 Å². The van der Waals surface area contributed by atoms with Crippen molar-refractivity contribution in [1.82, 2.24) is 5.32 Å². The van der Waals surface area contributed by atoms with E-state index in [0.29, 0.717) is 17.4 Å². The molecule has 0 aliphatic rings. The Labute approximate surface area is 112 Å². The molecule has 1 aromatic rings. The Morgan fingerprint density at radius 1 is 1.28 bits per heavy atom. The molecule has 2 nitrogen and oxygen atoms in total. The van der Waals surface area contributed by atoms with Crippen molar-refractivity contribution in [3.05, 3.63) is 23.7 Å². The summed E-state index contributed by atoms with van der Waals surface area (Å²) >= 11 is 0. The van der Waals surface area contributed by atoms with Crippen molar-refractivity contribution in [3.63, 3.8) is 0 Å². The van der Waals surface area contributed by atoms with Gasteiger partial charge in [0.15, 0.2) is 0 Å². The van der Waals surface area contributed by atoms with E-state index in [4.69, 9.17) is 4.42 Å². The molecule has 0 saturated heterocycles. The van der Waals surface area contributed by atoms with E-state index >= 15 is 0 Å². The number of nitrogens with one attached hydrogen (secondary N) is 1. The standard InChI is InChI=1S/C16H29NO/c1-7-17-14(15-9-8-13(3)18-15)10-12(2)11-16(4,5)6/h8-9,12,14,17H,7,10-11H2,1-6H3. The number of aryl methyl sites for hydroxylation is 1. The average Bonchev–Trinajstić information content (AvgIpc) is 2.61. The van der Waals surface area contributed by atoms with Crippen LogP contribution in [0.4, 0.5) is 0 Å². The van der Waals surface area contributed by atoms with Crippen LogP contribution >= 0.6 is 0 Å². The summed E-state index contributed by atoms with van der Waals surface area (Å²) < 4.78 is 5.77. The van der Waals surface area contributed by atoms with Crippen LogP contribution in [-0.2, 0) is 0 Å². The van der Waals surface area contributed by atoms with E-state index in [2.05, 4.69) is 46.0 Å². The maximum absolute atomic E-state index is 5.77. The minimum Gasteiger partial charge on any atom is -0.465 e. The van der Waals surface area contributed by atoms with Gasteiger partial charge < -0.3 is 9.73 Å². The van der Waals surface area contributed by atoms with Crippen molar-refractivity contribution >= 4 is 0 Å². The highest BCUT2D eigenvalue weighted by atomic mass is 16.3. The zero-order valence-corrected chi connectivity index (χ0v) is 12.8. The van der Waals surface area contributed by atoms with Crippen molar-refractivity contribution in [2.45, 2.75) is 60.4 Å². The van der Waals surface area contributed by atoms with E-state index in [1.54, 1.807) is 0 Å². The fourth-order valence-electron chi connectivity index (χ4n) is 2.72. The van der Waals surface area contributed by atoms with E-state index in [9.17, 15) is 0 Å². The Morgan fingerprint density at radius 2 is 1.94 bits per heavy atom. The fourth-order valence-corrected chi connectivity index (χ4v) is 2.72. The number of hydrogen-bond donors (Lipinski definition) is 1. The van der Waals surface area contributed by atoms with E-state index < -0.39 is 0 Å². The third-order valence-corrected chi connectivity index (χ3v) is 3.15. The van der Waals surface area contributed by atoms with Gasteiger partial charge in [-0.05, 0) is 49.8 Å². The lowest BCUT2D eigenvalue weighted by atomic mass is 9.82. The van der Waals surface area contributed by atoms with Crippen molar-refractivity contribution in [2.75, 3.05) is 6.54 Å². The Bertz CT molecular complexity index is 348. The van der Waals surface area contributed by atoms with Crippen molar-refractivity contribution in [2.24, 2.45) is 11.3 Å². The van der Waals surface area contributed by atoms with Gasteiger partial charge in [-0.3, -0.25) is 0 Å². The predicted molar refractivity (Wildman–Crippen MR) is 77.7 cm³/mol. The van der Waals surface area contributed by atoms with Crippen molar-refractivity contribution < 1.29 is 4.42 Å². The molecule has 0 radical (unpaired) electrons. The fraction of sp³-hybridized carbons (Fsp3) is 0.750. The summed E-state index contributed by atoms with van der Waals surface area (Å²) in [5.74, 6) is 2.77. The third kappa shape index (κ3) is 5.26. The molecule has 0 amide bonds. The van der Waals surface area contributed by atoms with Crippen LogP contribution in [0.3, 0.4) is 0 Å². The van der Waals surface area contributed by atoms with Gasteiger partial charge in [0.05, 0.1) is 6.04 Å². The molecule has 1 aromatic heterocycles. The van der Waals surface area contributed by atoms with Crippen LogP contribution in [0.25, 0.3) is 0 Å². The summed E-state index contributed by atoms with van der Waals surface area (Å²) in [6.07, 6.45) is 2.38. The van der Waals surface area contributed by atoms with E-state index in [1.807, 2.05) is 13.0 Å². The van der Waals surface area contributed by atoms with Crippen molar-refractivity contribution in [1.29, 1.82) is 0 Å². The van der Waals surface area contributed by atoms with Gasteiger partial charge in [-0.1, -0.05) is 34.6 Å². The molecule has 1 N–H and O–H groups in total. The van der Waals surface area contributed by atoms with Gasteiger partial charge in [0.2, 0.25) is 0 Å². The van der Waals surface area contributed by atoms with Gasteiger partial charge in [0.1, 0.15) is 11.5 Å². The molecule has 0 aliphatic heterocycles. The summed E-state index contributed by atoms with van der Waals surface area (Å²) in [6, 6.07) is 4.50. The molecule has 0 bridgehead atoms. The monoisotopic (exact) mass is 251 g/mol. The Hall–Kier alpha value is -0.760. The van der Waals surface area contributed by atoms with Crippen LogP contribution in [0.5, 0.6) is 0 Å². The maximum Gasteiger partial charge on any atom is 0.121 e. The quantitative estimate of drug-likeness (QED) is 0.792. The summed E-state index contributed by atoms with van der Waals surface area (Å²) in [5, 5.41) is 3.54. The van der Waals surface area contributed by atoms with Crippen LogP contribution in [0, 0.1) is 18.3 Å². The highest BCUT2D eigenvalue weighted by Gasteiger charge is 2.21. The van der Waals surface area contributed by atoms with Crippen LogP contribution in [0.1, 0.15) is 65.0 Å². The predicted octanol–water partition coefficient (Wildman–Crippen LogP) is 4.70. The zero-order valence-electron chi connectivity index (χ0n) is 12.8. The van der Waals surface area contributed by atoms with E-state index in [-0.39, 0.29) is 0 Å². The molecule has 0 saturated carbocycles. The molecular formula is C16H29NO. The zero-order chi connectivity index (χ0) is 13.8. The lowest BCUT2D eigenvalue weighted by Crippen LogP contribution is -2.24. The first-order chi connectivity index (χ1) is 8.31. The van der Waals surface area contributed by atoms with E-state index in [1.165, 1.54) is 6.42 Å². The number of rotatable bonds is 6. The SMILES string of the molecule is CCNC(CC(C)CC(C)(C)C)c1ccc(C)o1. The van der Waals surface area contributed by atoms with Crippen LogP contribution in [0.15, 0.2) is 16.5 Å². The summed E-state index contributed by atoms with van der Waals surface area (Å²) in [5.41, 5.74) is 0.398. The van der Waals surface area contributed by atoms with Crippen molar-refractivity contribution in [3.8, 4) is 0 Å². The lowest BCUT2D eigenvalue weighted by Gasteiger charge is -2.26. The molecule has 2 heteroatoms. The average molecular weight is 251 g/mol.